The van der Waals surface area contributed by atoms with Crippen LogP contribution in [-0.4, -0.2) is 5.78 Å². The van der Waals surface area contributed by atoms with Crippen molar-refractivity contribution in [2.24, 2.45) is 0 Å². The van der Waals surface area contributed by atoms with Gasteiger partial charge in [0.1, 0.15) is 11.7 Å². The maximum atomic E-state index is 13.1. The van der Waals surface area contributed by atoms with E-state index in [2.05, 4.69) is 0 Å². The highest BCUT2D eigenvalue weighted by Crippen LogP contribution is 2.29. The molecule has 2 rings (SSSR count). The van der Waals surface area contributed by atoms with E-state index in [0.717, 1.165) is 17.2 Å². The van der Waals surface area contributed by atoms with Gasteiger partial charge < -0.3 is 0 Å². The summed E-state index contributed by atoms with van der Waals surface area (Å²) in [6.07, 6.45) is 0. The van der Waals surface area contributed by atoms with E-state index in [1.165, 1.54) is 12.1 Å². The lowest BCUT2D eigenvalue weighted by Crippen LogP contribution is -2.14. The number of benzene rings is 2. The Morgan fingerprint density at radius 3 is 2.38 bits per heavy atom. The number of rotatable bonds is 3. The first-order valence-electron chi connectivity index (χ1n) is 6.40. The lowest BCUT2D eigenvalue weighted by Gasteiger charge is -2.14. The van der Waals surface area contributed by atoms with Gasteiger partial charge >= 0.3 is 0 Å². The van der Waals surface area contributed by atoms with Gasteiger partial charge in [0.2, 0.25) is 0 Å². The third kappa shape index (κ3) is 2.96. The molecule has 0 aliphatic heterocycles. The third-order valence-corrected chi connectivity index (χ3v) is 3.72. The van der Waals surface area contributed by atoms with Gasteiger partial charge in [-0.2, -0.15) is 5.26 Å². The van der Waals surface area contributed by atoms with Gasteiger partial charge in [0.25, 0.3) is 0 Å². The van der Waals surface area contributed by atoms with E-state index in [-0.39, 0.29) is 10.8 Å². The molecule has 4 heteroatoms. The van der Waals surface area contributed by atoms with Crippen molar-refractivity contribution in [3.05, 3.63) is 69.5 Å². The molecule has 0 saturated heterocycles. The number of hydrogen-bond donors (Lipinski definition) is 0. The van der Waals surface area contributed by atoms with Gasteiger partial charge in [-0.05, 0) is 42.7 Å². The second-order valence-electron chi connectivity index (χ2n) is 4.86. The largest absolute Gasteiger partial charge is 0.292 e. The molecule has 2 nitrogen and oxygen atoms in total. The minimum atomic E-state index is -1.04. The van der Waals surface area contributed by atoms with E-state index in [0.29, 0.717) is 11.1 Å². The summed E-state index contributed by atoms with van der Waals surface area (Å²) in [4.78, 5) is 12.7. The lowest BCUT2D eigenvalue weighted by molar-refractivity contribution is 0.0977. The van der Waals surface area contributed by atoms with Gasteiger partial charge in [-0.3, -0.25) is 4.79 Å². The fourth-order valence-electron chi connectivity index (χ4n) is 2.35. The van der Waals surface area contributed by atoms with E-state index in [9.17, 15) is 14.4 Å². The van der Waals surface area contributed by atoms with Crippen LogP contribution in [0, 0.1) is 31.0 Å². The zero-order valence-electron chi connectivity index (χ0n) is 11.7. The summed E-state index contributed by atoms with van der Waals surface area (Å²) in [7, 11) is 0. The molecule has 0 bridgehead atoms. The molecule has 106 valence electrons. The number of Topliss-reactive ketones (excluding diaryl/α,β-unsaturated/α-hetero) is 1. The van der Waals surface area contributed by atoms with E-state index >= 15 is 0 Å². The molecule has 1 atom stereocenters. The van der Waals surface area contributed by atoms with Crippen LogP contribution >= 0.6 is 11.6 Å². The van der Waals surface area contributed by atoms with Crippen LogP contribution in [0.15, 0.2) is 36.4 Å². The van der Waals surface area contributed by atoms with Gasteiger partial charge in [-0.15, -0.1) is 0 Å². The fourth-order valence-corrected chi connectivity index (χ4v) is 2.63. The highest BCUT2D eigenvalue weighted by molar-refractivity contribution is 6.32. The van der Waals surface area contributed by atoms with Gasteiger partial charge in [-0.1, -0.05) is 35.9 Å². The molecule has 0 radical (unpaired) electrons. The SMILES string of the molecule is Cc1cccc(C)c1C(=O)C(C#N)c1ccc(F)cc1Cl. The molecule has 0 fully saturated rings. The molecule has 0 N–H and O–H groups in total. The molecule has 0 aliphatic carbocycles. The Kier molecular flexibility index (Phi) is 4.40. The van der Waals surface area contributed by atoms with Crippen molar-refractivity contribution in [2.75, 3.05) is 0 Å². The van der Waals surface area contributed by atoms with Gasteiger partial charge in [0, 0.05) is 10.6 Å². The quantitative estimate of drug-likeness (QED) is 0.778. The molecule has 0 spiro atoms. The Morgan fingerprint density at radius 1 is 1.24 bits per heavy atom. The molecular formula is C17H13ClFNO. The second kappa shape index (κ2) is 6.07. The minimum Gasteiger partial charge on any atom is -0.292 e. The van der Waals surface area contributed by atoms with Crippen LogP contribution in [0.1, 0.15) is 33.0 Å². The average Bonchev–Trinajstić information content (AvgIpc) is 2.41. The molecule has 2 aromatic rings. The van der Waals surface area contributed by atoms with Crippen LogP contribution in [0.4, 0.5) is 4.39 Å². The number of hydrogen-bond acceptors (Lipinski definition) is 2. The summed E-state index contributed by atoms with van der Waals surface area (Å²) < 4.78 is 13.1. The first kappa shape index (κ1) is 15.2. The van der Waals surface area contributed by atoms with Crippen molar-refractivity contribution in [3.8, 4) is 6.07 Å². The van der Waals surface area contributed by atoms with Crippen molar-refractivity contribution in [1.82, 2.24) is 0 Å². The van der Waals surface area contributed by atoms with Gasteiger partial charge in [0.15, 0.2) is 5.78 Å². The van der Waals surface area contributed by atoms with Gasteiger partial charge in [0.05, 0.1) is 6.07 Å². The topological polar surface area (TPSA) is 40.9 Å². The molecule has 1 unspecified atom stereocenters. The van der Waals surface area contributed by atoms with Crippen LogP contribution < -0.4 is 0 Å². The van der Waals surface area contributed by atoms with Crippen LogP contribution in [0.2, 0.25) is 5.02 Å². The van der Waals surface area contributed by atoms with Crippen molar-refractivity contribution >= 4 is 17.4 Å². The zero-order valence-corrected chi connectivity index (χ0v) is 12.4. The molecular weight excluding hydrogens is 289 g/mol. The van der Waals surface area contributed by atoms with E-state index in [1.54, 1.807) is 0 Å². The predicted molar refractivity (Wildman–Crippen MR) is 80.0 cm³/mol. The van der Waals surface area contributed by atoms with Crippen molar-refractivity contribution in [2.45, 2.75) is 19.8 Å². The molecule has 0 heterocycles. The minimum absolute atomic E-state index is 0.0844. The Hall–Kier alpha value is -2.18. The van der Waals surface area contributed by atoms with Crippen LogP contribution in [0.3, 0.4) is 0 Å². The molecule has 0 aliphatic rings. The Morgan fingerprint density at radius 2 is 1.86 bits per heavy atom. The number of carbonyl (C=O) groups excluding carboxylic acids is 1. The molecule has 2 aromatic carbocycles. The number of ketones is 1. The average molecular weight is 302 g/mol. The number of carbonyl (C=O) groups is 1. The highest BCUT2D eigenvalue weighted by Gasteiger charge is 2.26. The summed E-state index contributed by atoms with van der Waals surface area (Å²) >= 11 is 5.97. The summed E-state index contributed by atoms with van der Waals surface area (Å²) in [5.41, 5.74) is 2.45. The third-order valence-electron chi connectivity index (χ3n) is 3.39. The molecule has 0 aromatic heterocycles. The molecule has 0 amide bonds. The Balaban J connectivity index is 2.52. The fraction of sp³-hybridized carbons (Fsp3) is 0.176. The first-order valence-corrected chi connectivity index (χ1v) is 6.78. The van der Waals surface area contributed by atoms with Crippen LogP contribution in [0.25, 0.3) is 0 Å². The number of halogens is 2. The van der Waals surface area contributed by atoms with Crippen molar-refractivity contribution in [1.29, 1.82) is 5.26 Å². The highest BCUT2D eigenvalue weighted by atomic mass is 35.5. The van der Waals surface area contributed by atoms with E-state index in [4.69, 9.17) is 11.6 Å². The van der Waals surface area contributed by atoms with Gasteiger partial charge in [-0.25, -0.2) is 4.39 Å². The predicted octanol–water partition coefficient (Wildman–Crippen LogP) is 4.59. The summed E-state index contributed by atoms with van der Waals surface area (Å²) in [6, 6.07) is 11.2. The maximum absolute atomic E-state index is 13.1. The molecule has 21 heavy (non-hydrogen) atoms. The number of nitrogens with zero attached hydrogens (tertiary/aromatic N) is 1. The van der Waals surface area contributed by atoms with Crippen LogP contribution in [0.5, 0.6) is 0 Å². The van der Waals surface area contributed by atoms with Crippen molar-refractivity contribution < 1.29 is 9.18 Å². The summed E-state index contributed by atoms with van der Waals surface area (Å²) in [6.45, 7) is 3.64. The summed E-state index contributed by atoms with van der Waals surface area (Å²) in [5, 5.41) is 9.45. The first-order chi connectivity index (χ1) is 9.95. The Bertz CT molecular complexity index is 729. The lowest BCUT2D eigenvalue weighted by atomic mass is 9.87. The molecule has 0 saturated carbocycles. The second-order valence-corrected chi connectivity index (χ2v) is 5.27. The van der Waals surface area contributed by atoms with E-state index in [1.807, 2.05) is 38.1 Å². The maximum Gasteiger partial charge on any atom is 0.185 e. The number of nitriles is 1. The van der Waals surface area contributed by atoms with Crippen molar-refractivity contribution in [3.63, 3.8) is 0 Å². The Labute approximate surface area is 127 Å². The smallest absolute Gasteiger partial charge is 0.185 e. The summed E-state index contributed by atoms with van der Waals surface area (Å²) in [5.74, 6) is -1.86. The monoisotopic (exact) mass is 301 g/mol. The van der Waals surface area contributed by atoms with E-state index < -0.39 is 11.7 Å². The normalized spacial score (nSPS) is 11.8. The zero-order chi connectivity index (χ0) is 15.6. The van der Waals surface area contributed by atoms with Crippen LogP contribution in [-0.2, 0) is 0 Å². The standard InChI is InChI=1S/C17H13ClFNO/c1-10-4-3-5-11(2)16(10)17(21)14(9-20)13-7-6-12(19)8-15(13)18/h3-8,14H,1-2H3. The number of aryl methyl sites for hydroxylation is 2.